The molecule has 0 saturated carbocycles. The van der Waals surface area contributed by atoms with E-state index in [0.29, 0.717) is 0 Å². The van der Waals surface area contributed by atoms with Crippen molar-refractivity contribution in [2.24, 2.45) is 0 Å². The maximum Gasteiger partial charge on any atom is 0.335 e. The van der Waals surface area contributed by atoms with Crippen molar-refractivity contribution in [1.82, 2.24) is 4.90 Å². The van der Waals surface area contributed by atoms with E-state index in [4.69, 9.17) is 9.84 Å². The number of benzene rings is 1. The number of aromatic carboxylic acids is 1. The highest BCUT2D eigenvalue weighted by molar-refractivity contribution is 5.87. The molecule has 19 heavy (non-hydrogen) atoms. The van der Waals surface area contributed by atoms with Crippen molar-refractivity contribution in [1.29, 1.82) is 0 Å². The zero-order chi connectivity index (χ0) is 14.0. The van der Waals surface area contributed by atoms with E-state index in [1.807, 2.05) is 14.0 Å². The molecule has 0 aliphatic carbocycles. The highest BCUT2D eigenvalue weighted by Gasteiger charge is 2.31. The molecular formula is C14H18FNO3. The standard InChI is InChI=1S/C14H18FNO3/c1-14(5-7-16(2)8-6-14)19-12-4-3-10(13(17)18)9-11(12)15/h3-4,9H,5-8H2,1-2H3,(H,17,18). The molecule has 1 aliphatic heterocycles. The second kappa shape index (κ2) is 5.17. The van der Waals surface area contributed by atoms with Crippen LogP contribution in [0.1, 0.15) is 30.1 Å². The number of piperidine rings is 1. The molecule has 4 nitrogen and oxygen atoms in total. The summed E-state index contributed by atoms with van der Waals surface area (Å²) in [6.07, 6.45) is 1.65. The summed E-state index contributed by atoms with van der Waals surface area (Å²) in [6, 6.07) is 3.75. The van der Waals surface area contributed by atoms with Crippen LogP contribution < -0.4 is 4.74 Å². The predicted octanol–water partition coefficient (Wildman–Crippen LogP) is 2.39. The van der Waals surface area contributed by atoms with Crippen LogP contribution >= 0.6 is 0 Å². The second-order valence-electron chi connectivity index (χ2n) is 5.31. The number of carbonyl (C=O) groups is 1. The Morgan fingerprint density at radius 2 is 2.05 bits per heavy atom. The van der Waals surface area contributed by atoms with E-state index in [0.717, 1.165) is 32.0 Å². The quantitative estimate of drug-likeness (QED) is 0.913. The van der Waals surface area contributed by atoms with Crippen LogP contribution in [0.4, 0.5) is 4.39 Å². The van der Waals surface area contributed by atoms with Crippen LogP contribution in [0.25, 0.3) is 0 Å². The van der Waals surface area contributed by atoms with Crippen molar-refractivity contribution in [2.75, 3.05) is 20.1 Å². The summed E-state index contributed by atoms with van der Waals surface area (Å²) >= 11 is 0. The Labute approximate surface area is 111 Å². The number of carboxylic acid groups (broad SMARTS) is 1. The molecule has 1 N–H and O–H groups in total. The zero-order valence-electron chi connectivity index (χ0n) is 11.1. The molecule has 0 bridgehead atoms. The van der Waals surface area contributed by atoms with E-state index < -0.39 is 17.4 Å². The molecule has 104 valence electrons. The number of rotatable bonds is 3. The SMILES string of the molecule is CN1CCC(C)(Oc2ccc(C(=O)O)cc2F)CC1. The topological polar surface area (TPSA) is 49.8 Å². The first-order valence-corrected chi connectivity index (χ1v) is 6.30. The van der Waals surface area contributed by atoms with Gasteiger partial charge in [0.05, 0.1) is 5.56 Å². The molecular weight excluding hydrogens is 249 g/mol. The molecule has 0 spiro atoms. The molecule has 0 atom stereocenters. The summed E-state index contributed by atoms with van der Waals surface area (Å²) in [5.41, 5.74) is -0.462. The van der Waals surface area contributed by atoms with E-state index in [1.54, 1.807) is 0 Å². The fraction of sp³-hybridized carbons (Fsp3) is 0.500. The Morgan fingerprint density at radius 1 is 1.42 bits per heavy atom. The minimum Gasteiger partial charge on any atom is -0.484 e. The van der Waals surface area contributed by atoms with Gasteiger partial charge in [-0.15, -0.1) is 0 Å². The minimum absolute atomic E-state index is 0.0709. The Morgan fingerprint density at radius 3 is 2.58 bits per heavy atom. The summed E-state index contributed by atoms with van der Waals surface area (Å²) in [5.74, 6) is -1.65. The lowest BCUT2D eigenvalue weighted by Crippen LogP contribution is -2.44. The molecule has 2 rings (SSSR count). The fourth-order valence-corrected chi connectivity index (χ4v) is 2.18. The normalized spacial score (nSPS) is 19.1. The summed E-state index contributed by atoms with van der Waals surface area (Å²) < 4.78 is 19.6. The first-order chi connectivity index (χ1) is 8.89. The van der Waals surface area contributed by atoms with Gasteiger partial charge in [-0.2, -0.15) is 0 Å². The Bertz CT molecular complexity index is 482. The van der Waals surface area contributed by atoms with Crippen LogP contribution in [0.5, 0.6) is 5.75 Å². The van der Waals surface area contributed by atoms with Gasteiger partial charge in [-0.25, -0.2) is 9.18 Å². The van der Waals surface area contributed by atoms with Crippen LogP contribution in [0.2, 0.25) is 0 Å². The number of hydrogen-bond acceptors (Lipinski definition) is 3. The van der Waals surface area contributed by atoms with Crippen LogP contribution in [0.3, 0.4) is 0 Å². The van der Waals surface area contributed by atoms with Crippen molar-refractivity contribution < 1.29 is 19.0 Å². The highest BCUT2D eigenvalue weighted by Crippen LogP contribution is 2.30. The van der Waals surface area contributed by atoms with Crippen molar-refractivity contribution >= 4 is 5.97 Å². The number of likely N-dealkylation sites (tertiary alicyclic amines) is 1. The van der Waals surface area contributed by atoms with Gasteiger partial charge in [-0.05, 0) is 45.0 Å². The largest absolute Gasteiger partial charge is 0.484 e. The molecule has 1 heterocycles. The van der Waals surface area contributed by atoms with Gasteiger partial charge in [0.2, 0.25) is 0 Å². The van der Waals surface area contributed by atoms with Crippen molar-refractivity contribution in [3.05, 3.63) is 29.6 Å². The third-order valence-electron chi connectivity index (χ3n) is 3.58. The molecule has 0 amide bonds. The van der Waals surface area contributed by atoms with Gasteiger partial charge in [-0.3, -0.25) is 0 Å². The summed E-state index contributed by atoms with van der Waals surface area (Å²) in [6.45, 7) is 3.78. The number of ether oxygens (including phenoxy) is 1. The summed E-state index contributed by atoms with van der Waals surface area (Å²) in [4.78, 5) is 12.9. The molecule has 1 aromatic carbocycles. The number of halogens is 1. The van der Waals surface area contributed by atoms with Crippen LogP contribution in [0.15, 0.2) is 18.2 Å². The molecule has 0 radical (unpaired) electrons. The van der Waals surface area contributed by atoms with Crippen molar-refractivity contribution in [2.45, 2.75) is 25.4 Å². The highest BCUT2D eigenvalue weighted by atomic mass is 19.1. The fourth-order valence-electron chi connectivity index (χ4n) is 2.18. The predicted molar refractivity (Wildman–Crippen MR) is 69.1 cm³/mol. The number of carboxylic acids is 1. The van der Waals surface area contributed by atoms with E-state index >= 15 is 0 Å². The molecule has 1 fully saturated rings. The Balaban J connectivity index is 2.13. The zero-order valence-corrected chi connectivity index (χ0v) is 11.1. The van der Waals surface area contributed by atoms with E-state index in [2.05, 4.69) is 4.90 Å². The van der Waals surface area contributed by atoms with Crippen molar-refractivity contribution in [3.63, 3.8) is 0 Å². The Hall–Kier alpha value is -1.62. The van der Waals surface area contributed by atoms with Gasteiger partial charge in [-0.1, -0.05) is 0 Å². The molecule has 1 aromatic rings. The van der Waals surface area contributed by atoms with E-state index in [1.165, 1.54) is 12.1 Å². The lowest BCUT2D eigenvalue weighted by Gasteiger charge is -2.38. The van der Waals surface area contributed by atoms with Crippen molar-refractivity contribution in [3.8, 4) is 5.75 Å². The average molecular weight is 267 g/mol. The van der Waals surface area contributed by atoms with Gasteiger partial charge >= 0.3 is 5.97 Å². The maximum atomic E-state index is 13.8. The second-order valence-corrected chi connectivity index (χ2v) is 5.31. The van der Waals surface area contributed by atoms with Crippen LogP contribution in [-0.4, -0.2) is 41.7 Å². The van der Waals surface area contributed by atoms with E-state index in [-0.39, 0.29) is 11.3 Å². The molecule has 1 saturated heterocycles. The van der Waals surface area contributed by atoms with Gasteiger partial charge in [0.25, 0.3) is 0 Å². The van der Waals surface area contributed by atoms with Gasteiger partial charge in [0.1, 0.15) is 5.60 Å². The van der Waals surface area contributed by atoms with Gasteiger partial charge in [0, 0.05) is 13.1 Å². The average Bonchev–Trinajstić information content (AvgIpc) is 2.36. The molecule has 1 aliphatic rings. The molecule has 0 aromatic heterocycles. The number of nitrogens with zero attached hydrogens (tertiary/aromatic N) is 1. The lowest BCUT2D eigenvalue weighted by molar-refractivity contribution is 0.0209. The first kappa shape index (κ1) is 13.8. The third kappa shape index (κ3) is 3.23. The smallest absolute Gasteiger partial charge is 0.335 e. The molecule has 0 unspecified atom stereocenters. The lowest BCUT2D eigenvalue weighted by atomic mass is 9.93. The minimum atomic E-state index is -1.14. The van der Waals surface area contributed by atoms with Crippen LogP contribution in [-0.2, 0) is 0 Å². The molecule has 5 heteroatoms. The summed E-state index contributed by atoms with van der Waals surface area (Å²) in [7, 11) is 2.04. The Kier molecular flexibility index (Phi) is 3.75. The van der Waals surface area contributed by atoms with Crippen LogP contribution in [0, 0.1) is 5.82 Å². The van der Waals surface area contributed by atoms with Gasteiger partial charge in [0.15, 0.2) is 11.6 Å². The summed E-state index contributed by atoms with van der Waals surface area (Å²) in [5, 5.41) is 8.79. The van der Waals surface area contributed by atoms with E-state index in [9.17, 15) is 9.18 Å². The first-order valence-electron chi connectivity index (χ1n) is 6.30. The maximum absolute atomic E-state index is 13.8. The third-order valence-corrected chi connectivity index (χ3v) is 3.58. The monoisotopic (exact) mass is 267 g/mol. The van der Waals surface area contributed by atoms with Gasteiger partial charge < -0.3 is 14.7 Å². The number of hydrogen-bond donors (Lipinski definition) is 1.